The first kappa shape index (κ1) is 23.1. The summed E-state index contributed by atoms with van der Waals surface area (Å²) in [6, 6.07) is 10.7. The number of amides is 1. The predicted octanol–water partition coefficient (Wildman–Crippen LogP) is 3.18. The number of nitrogens with zero attached hydrogens (tertiary/aromatic N) is 1. The van der Waals surface area contributed by atoms with Crippen LogP contribution in [0.3, 0.4) is 0 Å². The van der Waals surface area contributed by atoms with Crippen LogP contribution >= 0.6 is 0 Å². The Morgan fingerprint density at radius 3 is 2.65 bits per heavy atom. The monoisotopic (exact) mass is 465 g/mol. The van der Waals surface area contributed by atoms with E-state index >= 15 is 0 Å². The van der Waals surface area contributed by atoms with E-state index in [2.05, 4.69) is 20.9 Å². The summed E-state index contributed by atoms with van der Waals surface area (Å²) >= 11 is 0. The van der Waals surface area contributed by atoms with Gasteiger partial charge in [0.05, 0.1) is 21.8 Å². The van der Waals surface area contributed by atoms with Gasteiger partial charge in [0.25, 0.3) is 17.2 Å². The van der Waals surface area contributed by atoms with Gasteiger partial charge in [-0.2, -0.15) is 0 Å². The number of carbonyl (C=O) groups is 1. The summed E-state index contributed by atoms with van der Waals surface area (Å²) in [4.78, 5) is 37.5. The van der Waals surface area contributed by atoms with Crippen LogP contribution in [0.4, 0.5) is 15.8 Å². The van der Waals surface area contributed by atoms with E-state index in [4.69, 9.17) is 0 Å². The van der Waals surface area contributed by atoms with Crippen molar-refractivity contribution >= 4 is 33.6 Å². The number of non-ortho nitro benzene ring substituents is 1. The highest BCUT2D eigenvalue weighted by atomic mass is 19.1. The predicted molar refractivity (Wildman–Crippen MR) is 129 cm³/mol. The Morgan fingerprint density at radius 1 is 1.18 bits per heavy atom. The van der Waals surface area contributed by atoms with Gasteiger partial charge in [-0.05, 0) is 54.8 Å². The fourth-order valence-corrected chi connectivity index (χ4v) is 4.09. The summed E-state index contributed by atoms with van der Waals surface area (Å²) < 4.78 is 13.7. The minimum Gasteiger partial charge on any atom is -0.384 e. The van der Waals surface area contributed by atoms with Crippen LogP contribution in [0, 0.1) is 15.9 Å². The Bertz CT molecular complexity index is 1330. The maximum atomic E-state index is 13.7. The SMILES string of the molecule is CNC(=O)c1ccc(NCCN[C@H]2C=C(c3cc4c([N+](=O)[O-])cc(F)cc4c(=O)[nH]3)CC2)cc1. The third-order valence-corrected chi connectivity index (χ3v) is 5.81. The number of halogens is 1. The van der Waals surface area contributed by atoms with Crippen LogP contribution in [-0.4, -0.2) is 42.0 Å². The number of aromatic nitrogens is 1. The van der Waals surface area contributed by atoms with E-state index in [0.29, 0.717) is 30.8 Å². The number of hydrogen-bond donors (Lipinski definition) is 4. The van der Waals surface area contributed by atoms with Crippen molar-refractivity contribution in [2.45, 2.75) is 18.9 Å². The molecule has 0 saturated carbocycles. The number of aromatic amines is 1. The molecule has 4 rings (SSSR count). The zero-order valence-electron chi connectivity index (χ0n) is 18.5. The molecule has 10 heteroatoms. The highest BCUT2D eigenvalue weighted by Crippen LogP contribution is 2.31. The van der Waals surface area contributed by atoms with Crippen molar-refractivity contribution in [3.8, 4) is 0 Å². The quantitative estimate of drug-likeness (QED) is 0.230. The molecule has 3 aromatic rings. The van der Waals surface area contributed by atoms with E-state index in [9.17, 15) is 24.1 Å². The standard InChI is InChI=1S/C24H24FN5O4/c1-26-23(31)14-2-5-17(6-3-14)27-8-9-28-18-7-4-15(10-18)21-13-19-20(24(32)29-21)11-16(25)12-22(19)30(33)34/h2-3,5-6,10-13,18,27-28H,4,7-9H2,1H3,(H,26,31)(H,29,32)/t18-/m1/s1. The zero-order chi connectivity index (χ0) is 24.2. The minimum absolute atomic E-state index is 0.0434. The molecular formula is C24H24FN5O4. The van der Waals surface area contributed by atoms with E-state index < -0.39 is 22.0 Å². The summed E-state index contributed by atoms with van der Waals surface area (Å²) in [6.07, 6.45) is 3.52. The normalized spacial score (nSPS) is 15.2. The van der Waals surface area contributed by atoms with E-state index in [-0.39, 0.29) is 22.7 Å². The van der Waals surface area contributed by atoms with Crippen molar-refractivity contribution in [2.75, 3.05) is 25.5 Å². The molecule has 0 aliphatic heterocycles. The van der Waals surface area contributed by atoms with E-state index in [0.717, 1.165) is 29.8 Å². The molecule has 34 heavy (non-hydrogen) atoms. The van der Waals surface area contributed by atoms with Gasteiger partial charge in [-0.25, -0.2) is 4.39 Å². The molecule has 9 nitrogen and oxygen atoms in total. The highest BCUT2D eigenvalue weighted by Gasteiger charge is 2.21. The van der Waals surface area contributed by atoms with E-state index in [1.807, 2.05) is 18.2 Å². The van der Waals surface area contributed by atoms with Crippen LogP contribution in [0.25, 0.3) is 16.3 Å². The van der Waals surface area contributed by atoms with Crippen molar-refractivity contribution in [3.63, 3.8) is 0 Å². The summed E-state index contributed by atoms with van der Waals surface area (Å²) in [5, 5.41) is 20.7. The fraction of sp³-hybridized carbons (Fsp3) is 0.250. The lowest BCUT2D eigenvalue weighted by atomic mass is 10.1. The Morgan fingerprint density at radius 2 is 1.94 bits per heavy atom. The molecule has 0 radical (unpaired) electrons. The molecule has 1 heterocycles. The topological polar surface area (TPSA) is 129 Å². The van der Waals surface area contributed by atoms with Crippen LogP contribution in [0.2, 0.25) is 0 Å². The number of anilines is 1. The third kappa shape index (κ3) is 4.96. The molecule has 1 aliphatic rings. The number of nitro groups is 1. The van der Waals surface area contributed by atoms with Crippen molar-refractivity contribution < 1.29 is 14.1 Å². The first-order chi connectivity index (χ1) is 16.4. The number of carbonyl (C=O) groups excluding carboxylic acids is 1. The number of fused-ring (bicyclic) bond motifs is 1. The highest BCUT2D eigenvalue weighted by molar-refractivity contribution is 5.94. The Balaban J connectivity index is 1.39. The lowest BCUT2D eigenvalue weighted by Crippen LogP contribution is -2.30. The van der Waals surface area contributed by atoms with Crippen molar-refractivity contribution in [1.29, 1.82) is 0 Å². The number of nitrogens with one attached hydrogen (secondary N) is 4. The number of nitro benzene ring substituents is 1. The second-order valence-corrected chi connectivity index (χ2v) is 8.03. The smallest absolute Gasteiger partial charge is 0.280 e. The van der Waals surface area contributed by atoms with Crippen LogP contribution in [-0.2, 0) is 0 Å². The number of benzene rings is 2. The number of pyridine rings is 1. The van der Waals surface area contributed by atoms with E-state index in [1.54, 1.807) is 25.2 Å². The molecule has 1 aromatic heterocycles. The van der Waals surface area contributed by atoms with Gasteiger partial charge in [0, 0.05) is 43.1 Å². The van der Waals surface area contributed by atoms with Crippen LogP contribution < -0.4 is 21.5 Å². The largest absolute Gasteiger partial charge is 0.384 e. The van der Waals surface area contributed by atoms with Crippen molar-refractivity contribution in [2.24, 2.45) is 0 Å². The second kappa shape index (κ2) is 9.84. The number of allylic oxidation sites excluding steroid dienone is 1. The molecule has 4 N–H and O–H groups in total. The van der Waals surface area contributed by atoms with E-state index in [1.165, 1.54) is 0 Å². The lowest BCUT2D eigenvalue weighted by molar-refractivity contribution is -0.383. The molecule has 0 fully saturated rings. The molecule has 0 saturated heterocycles. The van der Waals surface area contributed by atoms with Crippen molar-refractivity contribution in [1.82, 2.24) is 15.6 Å². The molecule has 1 amide bonds. The Labute approximate surface area is 194 Å². The summed E-state index contributed by atoms with van der Waals surface area (Å²) in [6.45, 7) is 1.36. The van der Waals surface area contributed by atoms with Gasteiger partial charge >= 0.3 is 0 Å². The number of H-pyrrole nitrogens is 1. The Hall–Kier alpha value is -4.05. The number of rotatable bonds is 8. The summed E-state index contributed by atoms with van der Waals surface area (Å²) in [5.41, 5.74) is 1.91. The first-order valence-corrected chi connectivity index (χ1v) is 10.9. The van der Waals surface area contributed by atoms with Gasteiger partial charge in [0.1, 0.15) is 5.82 Å². The van der Waals surface area contributed by atoms with Crippen LogP contribution in [0.1, 0.15) is 28.9 Å². The summed E-state index contributed by atoms with van der Waals surface area (Å²) in [5.74, 6) is -0.954. The van der Waals surface area contributed by atoms with Crippen LogP contribution in [0.15, 0.2) is 53.3 Å². The molecule has 1 aliphatic carbocycles. The first-order valence-electron chi connectivity index (χ1n) is 10.9. The average molecular weight is 465 g/mol. The number of hydrogen-bond acceptors (Lipinski definition) is 6. The average Bonchev–Trinajstić information content (AvgIpc) is 3.30. The zero-order valence-corrected chi connectivity index (χ0v) is 18.5. The molecule has 0 bridgehead atoms. The van der Waals surface area contributed by atoms with Gasteiger partial charge < -0.3 is 20.9 Å². The molecule has 1 atom stereocenters. The Kier molecular flexibility index (Phi) is 6.69. The second-order valence-electron chi connectivity index (χ2n) is 8.03. The maximum absolute atomic E-state index is 13.7. The van der Waals surface area contributed by atoms with Crippen molar-refractivity contribution in [3.05, 3.63) is 86.1 Å². The minimum atomic E-state index is -0.821. The third-order valence-electron chi connectivity index (χ3n) is 5.81. The summed E-state index contributed by atoms with van der Waals surface area (Å²) in [7, 11) is 1.59. The maximum Gasteiger partial charge on any atom is 0.280 e. The molecule has 0 unspecified atom stereocenters. The van der Waals surface area contributed by atoms with Gasteiger partial charge in [-0.15, -0.1) is 0 Å². The molecule has 176 valence electrons. The van der Waals surface area contributed by atoms with Gasteiger partial charge in [0.15, 0.2) is 0 Å². The van der Waals surface area contributed by atoms with Gasteiger partial charge in [-0.1, -0.05) is 6.08 Å². The van der Waals surface area contributed by atoms with Gasteiger partial charge in [0.2, 0.25) is 0 Å². The lowest BCUT2D eigenvalue weighted by Gasteiger charge is -2.12. The molecular weight excluding hydrogens is 441 g/mol. The van der Waals surface area contributed by atoms with Crippen LogP contribution in [0.5, 0.6) is 0 Å². The molecule has 0 spiro atoms. The van der Waals surface area contributed by atoms with Gasteiger partial charge in [-0.3, -0.25) is 19.7 Å². The molecule has 2 aromatic carbocycles. The fourth-order valence-electron chi connectivity index (χ4n) is 4.09.